The topological polar surface area (TPSA) is 69.0 Å². The van der Waals surface area contributed by atoms with E-state index in [0.29, 0.717) is 12.2 Å². The lowest BCUT2D eigenvalue weighted by Crippen LogP contribution is -2.30. The van der Waals surface area contributed by atoms with Gasteiger partial charge in [0, 0.05) is 20.0 Å². The minimum atomic E-state index is -2.88. The standard InChI is InChI=1S/C18H19F2NO5/c1-21(11-13-4-6-15(7-5-13)26-18(19)20)16(22)12-25-17(23)9-8-14-3-2-10-24-14/h2-7,10,18H,8-9,11-12H2,1H3. The molecule has 1 heterocycles. The maximum absolute atomic E-state index is 12.1. The van der Waals surface area contributed by atoms with Gasteiger partial charge in [0.1, 0.15) is 11.5 Å². The van der Waals surface area contributed by atoms with E-state index in [-0.39, 0.29) is 31.2 Å². The first-order valence-corrected chi connectivity index (χ1v) is 7.90. The molecule has 0 aliphatic rings. The van der Waals surface area contributed by atoms with Crippen molar-refractivity contribution in [1.29, 1.82) is 0 Å². The fraction of sp³-hybridized carbons (Fsp3) is 0.333. The molecule has 2 aromatic rings. The molecule has 0 saturated heterocycles. The van der Waals surface area contributed by atoms with Crippen LogP contribution in [0.25, 0.3) is 0 Å². The predicted molar refractivity (Wildman–Crippen MR) is 87.5 cm³/mol. The van der Waals surface area contributed by atoms with Crippen LogP contribution in [0.2, 0.25) is 0 Å². The van der Waals surface area contributed by atoms with Crippen molar-refractivity contribution >= 4 is 11.9 Å². The molecule has 0 atom stereocenters. The molecule has 0 aliphatic carbocycles. The number of carbonyl (C=O) groups excluding carboxylic acids is 2. The second-order valence-electron chi connectivity index (χ2n) is 5.51. The Labute approximate surface area is 149 Å². The minimum absolute atomic E-state index is 0.0446. The van der Waals surface area contributed by atoms with Gasteiger partial charge in [-0.25, -0.2) is 0 Å². The summed E-state index contributed by atoms with van der Waals surface area (Å²) in [5.74, 6) is -0.145. The number of benzene rings is 1. The third-order valence-electron chi connectivity index (χ3n) is 3.51. The van der Waals surface area contributed by atoms with Gasteiger partial charge in [0.2, 0.25) is 0 Å². The molecule has 0 unspecified atom stereocenters. The Bertz CT molecular complexity index is 701. The van der Waals surface area contributed by atoms with E-state index >= 15 is 0 Å². The zero-order valence-electron chi connectivity index (χ0n) is 14.2. The van der Waals surface area contributed by atoms with Gasteiger partial charge in [-0.05, 0) is 29.8 Å². The molecule has 0 fully saturated rings. The second kappa shape index (κ2) is 9.55. The van der Waals surface area contributed by atoms with Crippen molar-refractivity contribution in [2.75, 3.05) is 13.7 Å². The predicted octanol–water partition coefficient (Wildman–Crippen LogP) is 3.02. The zero-order chi connectivity index (χ0) is 18.9. The van der Waals surface area contributed by atoms with Gasteiger partial charge in [-0.15, -0.1) is 0 Å². The number of rotatable bonds is 9. The summed E-state index contributed by atoms with van der Waals surface area (Å²) in [4.78, 5) is 25.0. The second-order valence-corrected chi connectivity index (χ2v) is 5.51. The van der Waals surface area contributed by atoms with Crippen LogP contribution in [0.4, 0.5) is 8.78 Å². The Morgan fingerprint density at radius 3 is 2.54 bits per heavy atom. The summed E-state index contributed by atoms with van der Waals surface area (Å²) >= 11 is 0. The molecule has 0 bridgehead atoms. The highest BCUT2D eigenvalue weighted by Crippen LogP contribution is 2.15. The lowest BCUT2D eigenvalue weighted by molar-refractivity contribution is -0.151. The molecule has 26 heavy (non-hydrogen) atoms. The zero-order valence-corrected chi connectivity index (χ0v) is 14.2. The van der Waals surface area contributed by atoms with Gasteiger partial charge in [-0.3, -0.25) is 9.59 Å². The smallest absolute Gasteiger partial charge is 0.387 e. The van der Waals surface area contributed by atoms with Gasteiger partial charge in [-0.1, -0.05) is 12.1 Å². The van der Waals surface area contributed by atoms with Crippen LogP contribution in [0.3, 0.4) is 0 Å². The molecule has 0 aliphatic heterocycles. The quantitative estimate of drug-likeness (QED) is 0.637. The van der Waals surface area contributed by atoms with Crippen LogP contribution in [0.1, 0.15) is 17.7 Å². The Morgan fingerprint density at radius 2 is 1.92 bits per heavy atom. The third-order valence-corrected chi connectivity index (χ3v) is 3.51. The summed E-state index contributed by atoms with van der Waals surface area (Å²) in [6.07, 6.45) is 2.05. The molecule has 6 nitrogen and oxygen atoms in total. The molecule has 1 aromatic heterocycles. The molecular formula is C18H19F2NO5. The number of likely N-dealkylation sites (N-methyl/N-ethyl adjacent to an activating group) is 1. The van der Waals surface area contributed by atoms with Crippen LogP contribution in [0.5, 0.6) is 5.75 Å². The van der Waals surface area contributed by atoms with Crippen molar-refractivity contribution in [3.05, 3.63) is 54.0 Å². The Morgan fingerprint density at radius 1 is 1.19 bits per heavy atom. The highest BCUT2D eigenvalue weighted by atomic mass is 19.3. The summed E-state index contributed by atoms with van der Waals surface area (Å²) < 4.78 is 38.5. The average Bonchev–Trinajstić information content (AvgIpc) is 3.12. The van der Waals surface area contributed by atoms with Crippen molar-refractivity contribution < 1.29 is 32.3 Å². The first kappa shape index (κ1) is 19.4. The summed E-state index contributed by atoms with van der Waals surface area (Å²) in [5.41, 5.74) is 0.728. The summed E-state index contributed by atoms with van der Waals surface area (Å²) in [6.45, 7) is -3.00. The third kappa shape index (κ3) is 6.54. The molecule has 0 N–H and O–H groups in total. The van der Waals surface area contributed by atoms with Gasteiger partial charge in [-0.2, -0.15) is 8.78 Å². The van der Waals surface area contributed by atoms with Crippen molar-refractivity contribution in [1.82, 2.24) is 4.90 Å². The molecule has 8 heteroatoms. The highest BCUT2D eigenvalue weighted by molar-refractivity contribution is 5.80. The van der Waals surface area contributed by atoms with Crippen LogP contribution >= 0.6 is 0 Å². The van der Waals surface area contributed by atoms with E-state index in [1.54, 1.807) is 31.3 Å². The van der Waals surface area contributed by atoms with Gasteiger partial charge < -0.3 is 18.8 Å². The number of alkyl halides is 2. The van der Waals surface area contributed by atoms with Crippen LogP contribution < -0.4 is 4.74 Å². The molecule has 1 aromatic carbocycles. The van der Waals surface area contributed by atoms with E-state index in [2.05, 4.69) is 4.74 Å². The molecular weight excluding hydrogens is 348 g/mol. The molecule has 0 radical (unpaired) electrons. The number of esters is 1. The lowest BCUT2D eigenvalue weighted by atomic mass is 10.2. The fourth-order valence-corrected chi connectivity index (χ4v) is 2.14. The number of halogens is 2. The number of nitrogens with zero attached hydrogens (tertiary/aromatic N) is 1. The first-order chi connectivity index (χ1) is 12.4. The summed E-state index contributed by atoms with van der Waals surface area (Å²) in [5, 5.41) is 0. The number of ether oxygens (including phenoxy) is 2. The number of hydrogen-bond acceptors (Lipinski definition) is 5. The number of furan rings is 1. The molecule has 140 valence electrons. The van der Waals surface area contributed by atoms with E-state index < -0.39 is 12.6 Å². The molecule has 2 rings (SSSR count). The normalized spacial score (nSPS) is 10.6. The lowest BCUT2D eigenvalue weighted by Gasteiger charge is -2.17. The van der Waals surface area contributed by atoms with E-state index in [1.807, 2.05) is 0 Å². The van der Waals surface area contributed by atoms with Crippen LogP contribution in [-0.4, -0.2) is 37.0 Å². The van der Waals surface area contributed by atoms with Crippen LogP contribution in [0.15, 0.2) is 47.1 Å². The SMILES string of the molecule is CN(Cc1ccc(OC(F)F)cc1)C(=O)COC(=O)CCc1ccco1. The highest BCUT2D eigenvalue weighted by Gasteiger charge is 2.13. The van der Waals surface area contributed by atoms with E-state index in [4.69, 9.17) is 9.15 Å². The molecule has 1 amide bonds. The minimum Gasteiger partial charge on any atom is -0.469 e. The Hall–Kier alpha value is -2.90. The fourth-order valence-electron chi connectivity index (χ4n) is 2.14. The van der Waals surface area contributed by atoms with Crippen molar-refractivity contribution in [2.45, 2.75) is 26.0 Å². The maximum atomic E-state index is 12.1. The summed E-state index contributed by atoms with van der Waals surface area (Å²) in [6, 6.07) is 9.44. The van der Waals surface area contributed by atoms with E-state index in [9.17, 15) is 18.4 Å². The maximum Gasteiger partial charge on any atom is 0.387 e. The average molecular weight is 367 g/mol. The monoisotopic (exact) mass is 367 g/mol. The number of carbonyl (C=O) groups is 2. The van der Waals surface area contributed by atoms with E-state index in [0.717, 1.165) is 5.56 Å². The van der Waals surface area contributed by atoms with Gasteiger partial charge >= 0.3 is 12.6 Å². The van der Waals surface area contributed by atoms with Gasteiger partial charge in [0.15, 0.2) is 6.61 Å². The van der Waals surface area contributed by atoms with Gasteiger partial charge in [0.05, 0.1) is 12.7 Å². The van der Waals surface area contributed by atoms with Crippen LogP contribution in [-0.2, 0) is 27.3 Å². The van der Waals surface area contributed by atoms with Crippen molar-refractivity contribution in [3.63, 3.8) is 0 Å². The van der Waals surface area contributed by atoms with Crippen molar-refractivity contribution in [3.8, 4) is 5.75 Å². The molecule has 0 spiro atoms. The number of amides is 1. The first-order valence-electron chi connectivity index (χ1n) is 7.90. The molecule has 0 saturated carbocycles. The van der Waals surface area contributed by atoms with E-state index in [1.165, 1.54) is 23.3 Å². The largest absolute Gasteiger partial charge is 0.469 e. The van der Waals surface area contributed by atoms with Crippen LogP contribution in [0, 0.1) is 0 Å². The Balaban J connectivity index is 1.72. The Kier molecular flexibility index (Phi) is 7.13. The summed E-state index contributed by atoms with van der Waals surface area (Å²) in [7, 11) is 1.56. The number of hydrogen-bond donors (Lipinski definition) is 0. The van der Waals surface area contributed by atoms with Crippen molar-refractivity contribution in [2.24, 2.45) is 0 Å². The number of aryl methyl sites for hydroxylation is 1. The van der Waals surface area contributed by atoms with Gasteiger partial charge in [0.25, 0.3) is 5.91 Å².